The number of nitrogens with zero attached hydrogens (tertiary/aromatic N) is 4. The summed E-state index contributed by atoms with van der Waals surface area (Å²) >= 11 is 1.54. The van der Waals surface area contributed by atoms with Gasteiger partial charge in [-0.1, -0.05) is 42.5 Å². The van der Waals surface area contributed by atoms with Gasteiger partial charge in [0.2, 0.25) is 0 Å². The lowest BCUT2D eigenvalue weighted by molar-refractivity contribution is 0.0794. The molecule has 0 atom stereocenters. The first-order chi connectivity index (χ1) is 14.0. The Morgan fingerprint density at radius 1 is 1.00 bits per heavy atom. The van der Waals surface area contributed by atoms with Crippen molar-refractivity contribution >= 4 is 34.4 Å². The Morgan fingerprint density at radius 2 is 1.72 bits per heavy atom. The van der Waals surface area contributed by atoms with E-state index < -0.39 is 0 Å². The van der Waals surface area contributed by atoms with E-state index in [1.807, 2.05) is 73.5 Å². The molecule has 2 aromatic carbocycles. The Morgan fingerprint density at radius 3 is 2.48 bits per heavy atom. The molecule has 0 saturated carbocycles. The highest BCUT2D eigenvalue weighted by Crippen LogP contribution is 2.30. The van der Waals surface area contributed by atoms with Crippen molar-refractivity contribution < 1.29 is 9.21 Å². The van der Waals surface area contributed by atoms with E-state index in [-0.39, 0.29) is 5.91 Å². The number of amides is 1. The summed E-state index contributed by atoms with van der Waals surface area (Å²) in [5.41, 5.74) is 3.10. The molecule has 148 valence electrons. The normalized spacial score (nSPS) is 11.0. The smallest absolute Gasteiger partial charge is 0.298 e. The summed E-state index contributed by atoms with van der Waals surface area (Å²) in [4.78, 5) is 26.6. The fraction of sp³-hybridized carbons (Fsp3) is 0.227. The predicted molar refractivity (Wildman–Crippen MR) is 117 cm³/mol. The van der Waals surface area contributed by atoms with Crippen molar-refractivity contribution in [2.24, 2.45) is 0 Å². The highest BCUT2D eigenvalue weighted by Gasteiger charge is 2.22. The summed E-state index contributed by atoms with van der Waals surface area (Å²) in [5.74, 6) is -0.0841. The van der Waals surface area contributed by atoms with Crippen LogP contribution in [0.4, 0.5) is 6.01 Å². The van der Waals surface area contributed by atoms with Crippen LogP contribution in [0.1, 0.15) is 15.5 Å². The van der Waals surface area contributed by atoms with Crippen LogP contribution in [0.5, 0.6) is 0 Å². The van der Waals surface area contributed by atoms with Crippen LogP contribution in [0.2, 0.25) is 0 Å². The molecular weight excluding hydrogens is 384 g/mol. The Hall–Kier alpha value is -3.19. The summed E-state index contributed by atoms with van der Waals surface area (Å²) in [7, 11) is 3.71. The largest absolute Gasteiger partial charge is 0.423 e. The van der Waals surface area contributed by atoms with Crippen molar-refractivity contribution in [2.45, 2.75) is 6.92 Å². The van der Waals surface area contributed by atoms with E-state index >= 15 is 0 Å². The first kappa shape index (κ1) is 19.1. The standard InChI is InChI=1S/C22H22N4O2S/c1-15-23-19(20(29-15)16-9-5-4-6-10-16)21(27)25(2)13-14-26(3)22-24-17-11-7-8-12-18(17)28-22/h4-12H,13-14H2,1-3H3. The minimum Gasteiger partial charge on any atom is -0.423 e. The molecule has 29 heavy (non-hydrogen) atoms. The van der Waals surface area contributed by atoms with Gasteiger partial charge in [-0.3, -0.25) is 4.79 Å². The summed E-state index contributed by atoms with van der Waals surface area (Å²) in [5, 5.41) is 0.879. The maximum Gasteiger partial charge on any atom is 0.298 e. The third-order valence-corrected chi connectivity index (χ3v) is 5.72. The highest BCUT2D eigenvalue weighted by atomic mass is 32.1. The van der Waals surface area contributed by atoms with E-state index in [1.165, 1.54) is 0 Å². The predicted octanol–water partition coefficient (Wildman–Crippen LogP) is 4.47. The number of hydrogen-bond donors (Lipinski definition) is 0. The van der Waals surface area contributed by atoms with Crippen molar-refractivity contribution in [3.63, 3.8) is 0 Å². The number of oxazole rings is 1. The first-order valence-electron chi connectivity index (χ1n) is 9.38. The lowest BCUT2D eigenvalue weighted by Gasteiger charge is -2.21. The van der Waals surface area contributed by atoms with Gasteiger partial charge in [-0.2, -0.15) is 4.98 Å². The van der Waals surface area contributed by atoms with Gasteiger partial charge in [-0.15, -0.1) is 11.3 Å². The lowest BCUT2D eigenvalue weighted by Crippen LogP contribution is -2.35. The minimum atomic E-state index is -0.0841. The molecule has 0 radical (unpaired) electrons. The molecule has 0 aliphatic carbocycles. The molecule has 4 rings (SSSR count). The van der Waals surface area contributed by atoms with Crippen LogP contribution in [-0.2, 0) is 0 Å². The number of hydrogen-bond acceptors (Lipinski definition) is 6. The van der Waals surface area contributed by atoms with Gasteiger partial charge >= 0.3 is 0 Å². The van der Waals surface area contributed by atoms with Crippen LogP contribution in [0.3, 0.4) is 0 Å². The fourth-order valence-electron chi connectivity index (χ4n) is 3.06. The second-order valence-corrected chi connectivity index (χ2v) is 8.09. The molecule has 1 amide bonds. The Balaban J connectivity index is 1.46. The average Bonchev–Trinajstić information content (AvgIpc) is 3.35. The Labute approximate surface area is 173 Å². The maximum atomic E-state index is 13.1. The van der Waals surface area contributed by atoms with E-state index in [9.17, 15) is 4.79 Å². The molecule has 0 aliphatic heterocycles. The second-order valence-electron chi connectivity index (χ2n) is 6.89. The summed E-state index contributed by atoms with van der Waals surface area (Å²) < 4.78 is 5.79. The van der Waals surface area contributed by atoms with Gasteiger partial charge in [0.1, 0.15) is 11.2 Å². The number of likely N-dealkylation sites (N-methyl/N-ethyl adjacent to an activating group) is 2. The van der Waals surface area contributed by atoms with Crippen LogP contribution < -0.4 is 4.90 Å². The number of aromatic nitrogens is 2. The zero-order chi connectivity index (χ0) is 20.4. The number of aryl methyl sites for hydroxylation is 1. The quantitative estimate of drug-likeness (QED) is 0.473. The monoisotopic (exact) mass is 406 g/mol. The number of carbonyl (C=O) groups is 1. The number of carbonyl (C=O) groups excluding carboxylic acids is 1. The van der Waals surface area contributed by atoms with Gasteiger partial charge in [-0.25, -0.2) is 4.98 Å². The number of benzene rings is 2. The number of thiazole rings is 1. The molecule has 0 fully saturated rings. The Bertz CT molecular complexity index is 1100. The average molecular weight is 407 g/mol. The molecule has 4 aromatic rings. The van der Waals surface area contributed by atoms with E-state index in [0.717, 1.165) is 26.5 Å². The van der Waals surface area contributed by atoms with Gasteiger partial charge in [0, 0.05) is 27.2 Å². The number of rotatable bonds is 6. The van der Waals surface area contributed by atoms with Crippen molar-refractivity contribution in [1.29, 1.82) is 0 Å². The molecule has 7 heteroatoms. The van der Waals surface area contributed by atoms with Gasteiger partial charge < -0.3 is 14.2 Å². The zero-order valence-corrected chi connectivity index (χ0v) is 17.4. The number of anilines is 1. The minimum absolute atomic E-state index is 0.0841. The molecule has 0 unspecified atom stereocenters. The topological polar surface area (TPSA) is 62.5 Å². The van der Waals surface area contributed by atoms with E-state index in [0.29, 0.717) is 24.8 Å². The number of fused-ring (bicyclic) bond motifs is 1. The van der Waals surface area contributed by atoms with E-state index in [2.05, 4.69) is 9.97 Å². The molecule has 0 saturated heterocycles. The summed E-state index contributed by atoms with van der Waals surface area (Å²) in [6.45, 7) is 3.05. The lowest BCUT2D eigenvalue weighted by atomic mass is 10.1. The Kier molecular flexibility index (Phi) is 5.31. The second kappa shape index (κ2) is 8.05. The van der Waals surface area contributed by atoms with Crippen molar-refractivity contribution in [3.05, 3.63) is 65.3 Å². The molecule has 2 aromatic heterocycles. The van der Waals surface area contributed by atoms with Crippen LogP contribution >= 0.6 is 11.3 Å². The maximum absolute atomic E-state index is 13.1. The molecule has 0 aliphatic rings. The van der Waals surface area contributed by atoms with Crippen LogP contribution in [0.15, 0.2) is 59.0 Å². The first-order valence-corrected chi connectivity index (χ1v) is 10.2. The van der Waals surface area contributed by atoms with Crippen LogP contribution in [-0.4, -0.2) is 48.0 Å². The SMILES string of the molecule is Cc1nc(C(=O)N(C)CCN(C)c2nc3ccccc3o2)c(-c2ccccc2)s1. The molecule has 0 bridgehead atoms. The highest BCUT2D eigenvalue weighted by molar-refractivity contribution is 7.15. The summed E-state index contributed by atoms with van der Waals surface area (Å²) in [6, 6.07) is 18.1. The summed E-state index contributed by atoms with van der Waals surface area (Å²) in [6.07, 6.45) is 0. The third-order valence-electron chi connectivity index (χ3n) is 4.70. The van der Waals surface area contributed by atoms with Gasteiger partial charge in [0.05, 0.1) is 9.88 Å². The van der Waals surface area contributed by atoms with E-state index in [1.54, 1.807) is 23.3 Å². The molecule has 2 heterocycles. The van der Waals surface area contributed by atoms with Crippen LogP contribution in [0.25, 0.3) is 21.5 Å². The third kappa shape index (κ3) is 4.00. The molecule has 6 nitrogen and oxygen atoms in total. The van der Waals surface area contributed by atoms with Gasteiger partial charge in [0.25, 0.3) is 11.9 Å². The molecular formula is C22H22N4O2S. The molecule has 0 spiro atoms. The van der Waals surface area contributed by atoms with Crippen molar-refractivity contribution in [3.8, 4) is 10.4 Å². The number of para-hydroxylation sites is 2. The van der Waals surface area contributed by atoms with Gasteiger partial charge in [-0.05, 0) is 24.6 Å². The van der Waals surface area contributed by atoms with E-state index in [4.69, 9.17) is 4.42 Å². The van der Waals surface area contributed by atoms with Crippen LogP contribution in [0, 0.1) is 6.92 Å². The van der Waals surface area contributed by atoms with Gasteiger partial charge in [0.15, 0.2) is 5.58 Å². The van der Waals surface area contributed by atoms with Crippen molar-refractivity contribution in [2.75, 3.05) is 32.1 Å². The fourth-order valence-corrected chi connectivity index (χ4v) is 3.97. The zero-order valence-electron chi connectivity index (χ0n) is 16.6. The molecule has 0 N–H and O–H groups in total. The van der Waals surface area contributed by atoms with Crippen molar-refractivity contribution in [1.82, 2.24) is 14.9 Å².